The normalized spacial score (nSPS) is 22.8. The number of aliphatic hydroxyl groups excluding tert-OH is 1. The number of benzene rings is 2. The summed E-state index contributed by atoms with van der Waals surface area (Å²) in [7, 11) is 1.58. The summed E-state index contributed by atoms with van der Waals surface area (Å²) < 4.78 is 5.14. The van der Waals surface area contributed by atoms with Crippen LogP contribution in [0, 0.1) is 0 Å². The van der Waals surface area contributed by atoms with Crippen molar-refractivity contribution in [2.45, 2.75) is 24.9 Å². The van der Waals surface area contributed by atoms with Crippen molar-refractivity contribution >= 4 is 23.7 Å². The van der Waals surface area contributed by atoms with Crippen LogP contribution in [0.5, 0.6) is 5.75 Å². The summed E-state index contributed by atoms with van der Waals surface area (Å²) in [5.74, 6) is 0.557. The fraction of sp³-hybridized carbons (Fsp3) is 0.333. The lowest BCUT2D eigenvalue weighted by molar-refractivity contribution is -0.159. The Kier molecular flexibility index (Phi) is 5.95. The Balaban J connectivity index is 1.49. The van der Waals surface area contributed by atoms with E-state index in [2.05, 4.69) is 5.32 Å². The Hall–Kier alpha value is -3.32. The van der Waals surface area contributed by atoms with Gasteiger partial charge in [0.2, 0.25) is 5.91 Å². The van der Waals surface area contributed by atoms with Gasteiger partial charge in [0.25, 0.3) is 0 Å². The molecule has 3 atom stereocenters. The molecular weight excluding hydrogens is 394 g/mol. The van der Waals surface area contributed by atoms with Crippen molar-refractivity contribution in [3.63, 3.8) is 0 Å². The van der Waals surface area contributed by atoms with E-state index in [1.165, 1.54) is 0 Å². The van der Waals surface area contributed by atoms with Gasteiger partial charge in [0.05, 0.1) is 25.8 Å². The lowest BCUT2D eigenvalue weighted by Gasteiger charge is -2.58. The molecule has 2 fully saturated rings. The fourth-order valence-corrected chi connectivity index (χ4v) is 4.55. The zero-order valence-electron chi connectivity index (χ0n) is 17.7. The molecule has 31 heavy (non-hydrogen) atoms. The van der Waals surface area contributed by atoms with E-state index in [9.17, 15) is 14.7 Å². The number of piperazine rings is 1. The van der Waals surface area contributed by atoms with Crippen molar-refractivity contribution in [3.05, 3.63) is 65.7 Å². The van der Waals surface area contributed by atoms with Gasteiger partial charge in [-0.25, -0.2) is 4.79 Å². The van der Waals surface area contributed by atoms with Crippen molar-refractivity contribution in [3.8, 4) is 5.75 Å². The number of nitrogens with zero attached hydrogens (tertiary/aromatic N) is 2. The maximum absolute atomic E-state index is 12.8. The van der Waals surface area contributed by atoms with Gasteiger partial charge >= 0.3 is 6.03 Å². The predicted molar refractivity (Wildman–Crippen MR) is 119 cm³/mol. The molecule has 2 aromatic carbocycles. The SMILES string of the molecule is C/C=C/c1ccc([C@@H]2[C@@H](CO)N3C(=O)CN(C(=O)Nc4ccc(OC)cc4)C[C@@H]23)cc1. The highest BCUT2D eigenvalue weighted by atomic mass is 16.5. The molecule has 2 aliphatic heterocycles. The van der Waals surface area contributed by atoms with Crippen LogP contribution in [-0.2, 0) is 4.79 Å². The smallest absolute Gasteiger partial charge is 0.322 e. The quantitative estimate of drug-likeness (QED) is 0.778. The number of carbonyl (C=O) groups excluding carboxylic acids is 2. The van der Waals surface area contributed by atoms with Crippen LogP contribution >= 0.6 is 0 Å². The molecule has 0 radical (unpaired) electrons. The van der Waals surface area contributed by atoms with Gasteiger partial charge in [-0.05, 0) is 42.3 Å². The van der Waals surface area contributed by atoms with Gasteiger partial charge in [0.1, 0.15) is 12.3 Å². The highest BCUT2D eigenvalue weighted by molar-refractivity contribution is 5.93. The molecule has 2 saturated heterocycles. The van der Waals surface area contributed by atoms with Gasteiger partial charge in [-0.2, -0.15) is 0 Å². The van der Waals surface area contributed by atoms with E-state index in [0.29, 0.717) is 18.0 Å². The van der Waals surface area contributed by atoms with Gasteiger partial charge in [-0.15, -0.1) is 0 Å². The Labute approximate surface area is 181 Å². The average Bonchev–Trinajstić information content (AvgIpc) is 2.77. The lowest BCUT2D eigenvalue weighted by Crippen LogP contribution is -2.73. The Morgan fingerprint density at radius 1 is 1.19 bits per heavy atom. The second-order valence-electron chi connectivity index (χ2n) is 7.85. The fourth-order valence-electron chi connectivity index (χ4n) is 4.55. The number of hydrogen-bond acceptors (Lipinski definition) is 4. The lowest BCUT2D eigenvalue weighted by atomic mass is 9.73. The van der Waals surface area contributed by atoms with Gasteiger partial charge in [-0.3, -0.25) is 4.79 Å². The minimum atomic E-state index is -0.312. The number of carbonyl (C=O) groups is 2. The van der Waals surface area contributed by atoms with Gasteiger partial charge in [-0.1, -0.05) is 36.4 Å². The summed E-state index contributed by atoms with van der Waals surface area (Å²) in [6, 6.07) is 14.5. The van der Waals surface area contributed by atoms with E-state index in [1.54, 1.807) is 41.2 Å². The van der Waals surface area contributed by atoms with Crippen LogP contribution in [0.25, 0.3) is 6.08 Å². The Bertz CT molecular complexity index is 971. The van der Waals surface area contributed by atoms with Crippen LogP contribution in [-0.4, -0.2) is 65.7 Å². The Morgan fingerprint density at radius 3 is 2.52 bits per heavy atom. The van der Waals surface area contributed by atoms with Crippen LogP contribution in [0.15, 0.2) is 54.6 Å². The van der Waals surface area contributed by atoms with Crippen LogP contribution in [0.4, 0.5) is 10.5 Å². The molecule has 2 aromatic rings. The molecular formula is C24H27N3O4. The van der Waals surface area contributed by atoms with Gasteiger partial charge < -0.3 is 25.0 Å². The standard InChI is InChI=1S/C24H27N3O4/c1-3-4-16-5-7-17(8-6-16)23-20-13-26(14-22(29)27(20)21(23)15-28)24(30)25-18-9-11-19(31-2)12-10-18/h3-12,20-21,23,28H,13-15H2,1-2H3,(H,25,30)/b4-3+/t20-,21+,23-/m0/s1. The summed E-state index contributed by atoms with van der Waals surface area (Å²) in [5, 5.41) is 12.8. The monoisotopic (exact) mass is 421 g/mol. The predicted octanol–water partition coefficient (Wildman–Crippen LogP) is 2.93. The Morgan fingerprint density at radius 2 is 1.90 bits per heavy atom. The van der Waals surface area contributed by atoms with E-state index in [0.717, 1.165) is 11.1 Å². The zero-order chi connectivity index (χ0) is 22.0. The number of methoxy groups -OCH3 is 1. The highest BCUT2D eigenvalue weighted by Gasteiger charge is 2.54. The van der Waals surface area contributed by atoms with Crippen molar-refractivity contribution in [2.75, 3.05) is 32.1 Å². The molecule has 2 heterocycles. The topological polar surface area (TPSA) is 82.1 Å². The molecule has 7 nitrogen and oxygen atoms in total. The molecule has 0 bridgehead atoms. The molecule has 162 valence electrons. The van der Waals surface area contributed by atoms with Crippen LogP contribution in [0.2, 0.25) is 0 Å². The molecule has 0 unspecified atom stereocenters. The molecule has 2 aliphatic rings. The van der Waals surface area contributed by atoms with E-state index in [4.69, 9.17) is 4.74 Å². The van der Waals surface area contributed by atoms with E-state index < -0.39 is 0 Å². The summed E-state index contributed by atoms with van der Waals surface area (Å²) in [5.41, 5.74) is 2.81. The average molecular weight is 421 g/mol. The molecule has 2 N–H and O–H groups in total. The molecule has 0 aliphatic carbocycles. The van der Waals surface area contributed by atoms with Gasteiger partial charge in [0.15, 0.2) is 0 Å². The minimum absolute atomic E-state index is 0.00193. The van der Waals surface area contributed by atoms with Crippen molar-refractivity contribution < 1.29 is 19.4 Å². The van der Waals surface area contributed by atoms with E-state index >= 15 is 0 Å². The summed E-state index contributed by atoms with van der Waals surface area (Å²) in [4.78, 5) is 28.9. The minimum Gasteiger partial charge on any atom is -0.497 e. The third-order valence-electron chi connectivity index (χ3n) is 6.06. The molecule has 0 spiro atoms. The first-order valence-corrected chi connectivity index (χ1v) is 10.4. The number of nitrogens with one attached hydrogen (secondary N) is 1. The van der Waals surface area contributed by atoms with Crippen LogP contribution in [0.3, 0.4) is 0 Å². The van der Waals surface area contributed by atoms with Crippen molar-refractivity contribution in [2.24, 2.45) is 0 Å². The van der Waals surface area contributed by atoms with Crippen LogP contribution in [0.1, 0.15) is 24.0 Å². The third-order valence-corrected chi connectivity index (χ3v) is 6.06. The second-order valence-corrected chi connectivity index (χ2v) is 7.85. The number of ether oxygens (including phenoxy) is 1. The number of amides is 3. The number of fused-ring (bicyclic) bond motifs is 1. The highest BCUT2D eigenvalue weighted by Crippen LogP contribution is 2.43. The first-order valence-electron chi connectivity index (χ1n) is 10.4. The van der Waals surface area contributed by atoms with E-state index in [1.807, 2.05) is 43.3 Å². The first kappa shape index (κ1) is 20.9. The first-order chi connectivity index (χ1) is 15.0. The molecule has 3 amide bonds. The maximum atomic E-state index is 12.8. The number of aliphatic hydroxyl groups is 1. The number of hydrogen-bond donors (Lipinski definition) is 2. The van der Waals surface area contributed by atoms with Crippen molar-refractivity contribution in [1.29, 1.82) is 0 Å². The summed E-state index contributed by atoms with van der Waals surface area (Å²) >= 11 is 0. The third kappa shape index (κ3) is 4.01. The molecule has 0 aromatic heterocycles. The number of allylic oxidation sites excluding steroid dienone is 1. The maximum Gasteiger partial charge on any atom is 0.322 e. The van der Waals surface area contributed by atoms with Crippen molar-refractivity contribution in [1.82, 2.24) is 9.80 Å². The molecule has 4 rings (SSSR count). The molecule has 0 saturated carbocycles. The molecule has 7 heteroatoms. The van der Waals surface area contributed by atoms with Crippen LogP contribution < -0.4 is 10.1 Å². The van der Waals surface area contributed by atoms with E-state index in [-0.39, 0.29) is 43.1 Å². The number of urea groups is 1. The second kappa shape index (κ2) is 8.81. The largest absolute Gasteiger partial charge is 0.497 e. The number of rotatable bonds is 5. The zero-order valence-corrected chi connectivity index (χ0v) is 17.7. The van der Waals surface area contributed by atoms with Gasteiger partial charge in [0, 0.05) is 18.2 Å². The summed E-state index contributed by atoms with van der Waals surface area (Å²) in [6.07, 6.45) is 4.01. The summed E-state index contributed by atoms with van der Waals surface area (Å²) in [6.45, 7) is 2.30. The number of anilines is 1.